The van der Waals surface area contributed by atoms with Gasteiger partial charge < -0.3 is 14.2 Å². The van der Waals surface area contributed by atoms with Crippen LogP contribution in [-0.2, 0) is 26.4 Å². The number of esters is 1. The number of hydrogen-bond acceptors (Lipinski definition) is 5. The predicted octanol–water partition coefficient (Wildman–Crippen LogP) is 4.80. The largest absolute Gasteiger partial charge is 0.489 e. The number of nitrogens with zero attached hydrogens (tertiary/aromatic N) is 1. The maximum Gasteiger partial charge on any atom is 0.413 e. The minimum absolute atomic E-state index is 0.434. The predicted molar refractivity (Wildman–Crippen MR) is 114 cm³/mol. The van der Waals surface area contributed by atoms with Crippen LogP contribution in [0, 0.1) is 0 Å². The van der Waals surface area contributed by atoms with Crippen LogP contribution in [-0.4, -0.2) is 24.1 Å². The van der Waals surface area contributed by atoms with Gasteiger partial charge in [0.2, 0.25) is 6.23 Å². The molecule has 31 heavy (non-hydrogen) atoms. The summed E-state index contributed by atoms with van der Waals surface area (Å²) in [6, 6.07) is 26.1. The highest BCUT2D eigenvalue weighted by atomic mass is 16.6. The monoisotopic (exact) mass is 417 g/mol. The molecule has 1 fully saturated rings. The molecule has 6 heteroatoms. The Kier molecular flexibility index (Phi) is 5.62. The van der Waals surface area contributed by atoms with Crippen molar-refractivity contribution in [1.29, 1.82) is 0 Å². The fraction of sp³-hybridized carbons (Fsp3) is 0.200. The number of carbonyl (C=O) groups is 2. The van der Waals surface area contributed by atoms with E-state index < -0.39 is 23.8 Å². The number of amides is 1. The van der Waals surface area contributed by atoms with Crippen molar-refractivity contribution < 1.29 is 23.8 Å². The highest BCUT2D eigenvalue weighted by molar-refractivity contribution is 5.89. The number of rotatable bonds is 5. The van der Waals surface area contributed by atoms with E-state index in [9.17, 15) is 9.59 Å². The van der Waals surface area contributed by atoms with Gasteiger partial charge in [0.05, 0.1) is 7.11 Å². The van der Waals surface area contributed by atoms with Crippen LogP contribution in [0.3, 0.4) is 0 Å². The average molecular weight is 417 g/mol. The Hall–Kier alpha value is -3.80. The molecule has 158 valence electrons. The zero-order valence-corrected chi connectivity index (χ0v) is 17.4. The van der Waals surface area contributed by atoms with E-state index in [0.717, 1.165) is 5.56 Å². The van der Waals surface area contributed by atoms with Crippen molar-refractivity contribution in [3.05, 3.63) is 102 Å². The lowest BCUT2D eigenvalue weighted by molar-refractivity contribution is -0.145. The number of hydrogen-bond donors (Lipinski definition) is 0. The summed E-state index contributed by atoms with van der Waals surface area (Å²) in [5, 5.41) is 0. The Bertz CT molecular complexity index is 1050. The molecule has 0 bridgehead atoms. The van der Waals surface area contributed by atoms with Gasteiger partial charge in [0.1, 0.15) is 12.4 Å². The number of cyclic esters (lactones) is 1. The Morgan fingerprint density at radius 1 is 0.968 bits per heavy atom. The topological polar surface area (TPSA) is 65.1 Å². The smallest absolute Gasteiger partial charge is 0.413 e. The van der Waals surface area contributed by atoms with Crippen LogP contribution in [0.15, 0.2) is 84.9 Å². The zero-order chi connectivity index (χ0) is 21.8. The molecule has 0 N–H and O–H groups in total. The fourth-order valence-corrected chi connectivity index (χ4v) is 3.69. The molecule has 1 saturated heterocycles. The van der Waals surface area contributed by atoms with Crippen molar-refractivity contribution in [3.8, 4) is 5.75 Å². The molecular weight excluding hydrogens is 394 g/mol. The maximum atomic E-state index is 13.0. The highest BCUT2D eigenvalue weighted by Crippen LogP contribution is 2.44. The van der Waals surface area contributed by atoms with Crippen LogP contribution in [0.5, 0.6) is 5.75 Å². The van der Waals surface area contributed by atoms with E-state index in [2.05, 4.69) is 0 Å². The summed E-state index contributed by atoms with van der Waals surface area (Å²) in [4.78, 5) is 27.0. The molecule has 0 radical (unpaired) electrons. The lowest BCUT2D eigenvalue weighted by Crippen LogP contribution is -2.47. The standard InChI is InChI=1S/C25H23NO5/c1-25(20-13-15-21(16-14-20)30-17-18-9-5-3-6-10-18)23(27)31-22(26(25)24(28)29-2)19-11-7-4-8-12-19/h3-16,22H,17H2,1-2H3/t22-,25-/m0/s1. The van der Waals surface area contributed by atoms with Crippen molar-refractivity contribution in [2.75, 3.05) is 7.11 Å². The minimum Gasteiger partial charge on any atom is -0.489 e. The van der Waals surface area contributed by atoms with E-state index in [0.29, 0.717) is 23.5 Å². The van der Waals surface area contributed by atoms with Crippen molar-refractivity contribution >= 4 is 12.1 Å². The molecule has 4 rings (SSSR count). The number of benzene rings is 3. The summed E-state index contributed by atoms with van der Waals surface area (Å²) < 4.78 is 16.5. The van der Waals surface area contributed by atoms with E-state index in [1.165, 1.54) is 12.0 Å². The molecule has 1 heterocycles. The zero-order valence-electron chi connectivity index (χ0n) is 17.4. The summed E-state index contributed by atoms with van der Waals surface area (Å²) in [6.07, 6.45) is -1.52. The van der Waals surface area contributed by atoms with Crippen LogP contribution in [0.2, 0.25) is 0 Å². The molecule has 6 nitrogen and oxygen atoms in total. The number of ether oxygens (including phenoxy) is 3. The Morgan fingerprint density at radius 3 is 2.19 bits per heavy atom. The van der Waals surface area contributed by atoms with Crippen molar-refractivity contribution in [3.63, 3.8) is 0 Å². The van der Waals surface area contributed by atoms with Gasteiger partial charge in [-0.25, -0.2) is 14.5 Å². The van der Waals surface area contributed by atoms with Gasteiger partial charge in [0.15, 0.2) is 5.54 Å². The van der Waals surface area contributed by atoms with Gasteiger partial charge in [-0.2, -0.15) is 0 Å². The lowest BCUT2D eigenvalue weighted by Gasteiger charge is -2.32. The van der Waals surface area contributed by atoms with Crippen molar-refractivity contribution in [1.82, 2.24) is 4.90 Å². The summed E-state index contributed by atoms with van der Waals surface area (Å²) in [5.74, 6) is 0.136. The first-order valence-electron chi connectivity index (χ1n) is 9.94. The second-order valence-corrected chi connectivity index (χ2v) is 7.38. The first kappa shape index (κ1) is 20.5. The van der Waals surface area contributed by atoms with E-state index in [-0.39, 0.29) is 0 Å². The molecule has 1 aliphatic heterocycles. The molecule has 0 spiro atoms. The van der Waals surface area contributed by atoms with Crippen LogP contribution >= 0.6 is 0 Å². The SMILES string of the molecule is COC(=O)N1[C@H](c2ccccc2)OC(=O)[C@]1(C)c1ccc(OCc2ccccc2)cc1. The molecule has 0 aliphatic carbocycles. The van der Waals surface area contributed by atoms with Crippen LogP contribution in [0.1, 0.15) is 29.8 Å². The van der Waals surface area contributed by atoms with Gasteiger partial charge in [-0.05, 0) is 30.2 Å². The third-order valence-electron chi connectivity index (χ3n) is 5.45. The molecule has 0 unspecified atom stereocenters. The quantitative estimate of drug-likeness (QED) is 0.558. The molecule has 3 aromatic carbocycles. The molecule has 0 aromatic heterocycles. The number of methoxy groups -OCH3 is 1. The molecule has 1 aliphatic rings. The molecule has 1 amide bonds. The number of carbonyl (C=O) groups excluding carboxylic acids is 2. The van der Waals surface area contributed by atoms with Gasteiger partial charge in [-0.3, -0.25) is 0 Å². The fourth-order valence-electron chi connectivity index (χ4n) is 3.69. The third-order valence-corrected chi connectivity index (χ3v) is 5.45. The normalized spacial score (nSPS) is 20.3. The van der Waals surface area contributed by atoms with Crippen LogP contribution in [0.4, 0.5) is 4.79 Å². The van der Waals surface area contributed by atoms with Gasteiger partial charge in [0, 0.05) is 5.56 Å². The molecule has 0 saturated carbocycles. The van der Waals surface area contributed by atoms with Crippen LogP contribution < -0.4 is 4.74 Å². The molecule has 2 atom stereocenters. The lowest BCUT2D eigenvalue weighted by atomic mass is 9.90. The first-order valence-corrected chi connectivity index (χ1v) is 9.94. The first-order chi connectivity index (χ1) is 15.0. The minimum atomic E-state index is -1.34. The Labute approximate surface area is 181 Å². The van der Waals surface area contributed by atoms with Crippen molar-refractivity contribution in [2.24, 2.45) is 0 Å². The molecule has 3 aromatic rings. The average Bonchev–Trinajstić information content (AvgIpc) is 3.10. The van der Waals surface area contributed by atoms with Gasteiger partial charge >= 0.3 is 12.1 Å². The third kappa shape index (κ3) is 3.84. The Balaban J connectivity index is 1.61. The second kappa shape index (κ2) is 8.52. The highest BCUT2D eigenvalue weighted by Gasteiger charge is 2.56. The summed E-state index contributed by atoms with van der Waals surface area (Å²) in [5.41, 5.74) is 1.01. The van der Waals surface area contributed by atoms with Gasteiger partial charge in [-0.1, -0.05) is 72.8 Å². The maximum absolute atomic E-state index is 13.0. The Morgan fingerprint density at radius 2 is 1.58 bits per heavy atom. The summed E-state index contributed by atoms with van der Waals surface area (Å²) in [6.45, 7) is 2.10. The van der Waals surface area contributed by atoms with Crippen molar-refractivity contribution in [2.45, 2.75) is 25.3 Å². The van der Waals surface area contributed by atoms with Gasteiger partial charge in [0.25, 0.3) is 0 Å². The summed E-state index contributed by atoms with van der Waals surface area (Å²) in [7, 11) is 1.29. The molecular formula is C25H23NO5. The van der Waals surface area contributed by atoms with E-state index in [4.69, 9.17) is 14.2 Å². The van der Waals surface area contributed by atoms with Gasteiger partial charge in [-0.15, -0.1) is 0 Å². The van der Waals surface area contributed by atoms with E-state index in [1.54, 1.807) is 43.3 Å². The van der Waals surface area contributed by atoms with E-state index >= 15 is 0 Å². The van der Waals surface area contributed by atoms with Crippen LogP contribution in [0.25, 0.3) is 0 Å². The summed E-state index contributed by atoms with van der Waals surface area (Å²) >= 11 is 0. The van der Waals surface area contributed by atoms with E-state index in [1.807, 2.05) is 48.5 Å². The second-order valence-electron chi connectivity index (χ2n) is 7.38.